The predicted molar refractivity (Wildman–Crippen MR) is 163 cm³/mol. The monoisotopic (exact) mass is 569 g/mol. The van der Waals surface area contributed by atoms with Gasteiger partial charge in [-0.1, -0.05) is 55.8 Å². The summed E-state index contributed by atoms with van der Waals surface area (Å²) in [6.45, 7) is 9.13. The Morgan fingerprint density at radius 2 is 1.85 bits per heavy atom. The highest BCUT2D eigenvalue weighted by Gasteiger charge is 2.47. The number of carbonyl (C=O) groups is 1. The number of nitriles is 1. The van der Waals surface area contributed by atoms with E-state index in [1.54, 1.807) is 12.3 Å². The molecule has 2 aromatic carbocycles. The molecule has 212 valence electrons. The molecule has 41 heavy (non-hydrogen) atoms. The first-order valence-electron chi connectivity index (χ1n) is 14.3. The van der Waals surface area contributed by atoms with Gasteiger partial charge in [-0.2, -0.15) is 5.26 Å². The Hall–Kier alpha value is -3.70. The van der Waals surface area contributed by atoms with Gasteiger partial charge in [0.05, 0.1) is 24.8 Å². The van der Waals surface area contributed by atoms with Crippen LogP contribution in [0.3, 0.4) is 0 Å². The Morgan fingerprint density at radius 1 is 1.12 bits per heavy atom. The van der Waals surface area contributed by atoms with Crippen molar-refractivity contribution in [3.63, 3.8) is 0 Å². The molecule has 1 N–H and O–H groups in total. The number of hydrogen-bond acceptors (Lipinski definition) is 5. The van der Waals surface area contributed by atoms with Gasteiger partial charge >= 0.3 is 6.03 Å². The van der Waals surface area contributed by atoms with Gasteiger partial charge in [0.1, 0.15) is 5.15 Å². The van der Waals surface area contributed by atoms with Gasteiger partial charge in [-0.25, -0.2) is 9.78 Å². The number of urea groups is 1. The van der Waals surface area contributed by atoms with Crippen LogP contribution in [0.4, 0.5) is 10.5 Å². The topological polar surface area (TPSA) is 81.5 Å². The predicted octanol–water partition coefficient (Wildman–Crippen LogP) is 6.44. The van der Waals surface area contributed by atoms with Crippen LogP contribution < -0.4 is 10.2 Å². The summed E-state index contributed by atoms with van der Waals surface area (Å²) in [5.41, 5.74) is 7.34. The molecule has 0 radical (unpaired) electrons. The lowest BCUT2D eigenvalue weighted by Crippen LogP contribution is -2.47. The Bertz CT molecular complexity index is 1460. The highest BCUT2D eigenvalue weighted by atomic mass is 35.5. The van der Waals surface area contributed by atoms with E-state index in [0.29, 0.717) is 37.0 Å². The summed E-state index contributed by atoms with van der Waals surface area (Å²) < 4.78 is 5.72. The lowest BCUT2D eigenvalue weighted by atomic mass is 9.73. The van der Waals surface area contributed by atoms with Crippen molar-refractivity contribution in [3.05, 3.63) is 99.3 Å². The zero-order chi connectivity index (χ0) is 28.8. The minimum Gasteiger partial charge on any atom is -0.372 e. The summed E-state index contributed by atoms with van der Waals surface area (Å²) in [5, 5.41) is 12.5. The van der Waals surface area contributed by atoms with E-state index in [0.717, 1.165) is 49.3 Å². The van der Waals surface area contributed by atoms with Crippen LogP contribution in [0.5, 0.6) is 0 Å². The number of ether oxygens (including phenoxy) is 1. The van der Waals surface area contributed by atoms with E-state index in [9.17, 15) is 4.79 Å². The van der Waals surface area contributed by atoms with E-state index in [1.807, 2.05) is 49.1 Å². The fraction of sp³-hybridized carbons (Fsp3) is 0.364. The fourth-order valence-corrected chi connectivity index (χ4v) is 6.14. The number of amides is 2. The van der Waals surface area contributed by atoms with Crippen LogP contribution in [0.1, 0.15) is 60.1 Å². The zero-order valence-corrected chi connectivity index (χ0v) is 24.5. The van der Waals surface area contributed by atoms with Crippen molar-refractivity contribution in [3.8, 4) is 6.07 Å². The first-order chi connectivity index (χ1) is 20.0. The van der Waals surface area contributed by atoms with E-state index >= 15 is 0 Å². The smallest absolute Gasteiger partial charge is 0.322 e. The molecule has 4 heterocycles. The van der Waals surface area contributed by atoms with Crippen molar-refractivity contribution in [1.29, 1.82) is 5.26 Å². The molecule has 2 amide bonds. The number of pyridine rings is 1. The molecule has 3 aliphatic heterocycles. The molecule has 1 spiro atoms. The first-order valence-corrected chi connectivity index (χ1v) is 14.7. The maximum atomic E-state index is 13.5. The molecule has 8 heteroatoms. The number of carbonyl (C=O) groups excluding carboxylic acids is 1. The molecule has 6 rings (SSSR count). The van der Waals surface area contributed by atoms with E-state index in [2.05, 4.69) is 45.6 Å². The SMILES string of the molecule is CC.N#Cc1ccc(/C=C/CN2CCC3(CC2)CN(C(=O)NCc2ccnc(Cl)c2)c2cc4c(cc23)COC4)cc1. The van der Waals surface area contributed by atoms with Crippen LogP contribution in [0.15, 0.2) is 60.8 Å². The molecule has 0 atom stereocenters. The number of rotatable bonds is 5. The third-order valence-electron chi connectivity index (χ3n) is 8.16. The summed E-state index contributed by atoms with van der Waals surface area (Å²) in [4.78, 5) is 21.9. The highest BCUT2D eigenvalue weighted by molar-refractivity contribution is 6.29. The number of nitrogens with one attached hydrogen (secondary N) is 1. The minimum absolute atomic E-state index is 0.0579. The van der Waals surface area contributed by atoms with E-state index in [4.69, 9.17) is 21.6 Å². The van der Waals surface area contributed by atoms with Gasteiger partial charge in [0.25, 0.3) is 0 Å². The molecular weight excluding hydrogens is 534 g/mol. The normalized spacial score (nSPS) is 17.1. The number of nitrogens with zero attached hydrogens (tertiary/aromatic N) is 4. The maximum absolute atomic E-state index is 13.5. The number of likely N-dealkylation sites (tertiary alicyclic amines) is 1. The van der Waals surface area contributed by atoms with Crippen molar-refractivity contribution in [2.75, 3.05) is 31.1 Å². The number of fused-ring (bicyclic) bond motifs is 3. The van der Waals surface area contributed by atoms with E-state index in [1.165, 1.54) is 16.7 Å². The first kappa shape index (κ1) is 28.8. The summed E-state index contributed by atoms with van der Waals surface area (Å²) >= 11 is 6.03. The average molecular weight is 570 g/mol. The number of benzene rings is 2. The van der Waals surface area contributed by atoms with Crippen LogP contribution in [0.25, 0.3) is 6.08 Å². The van der Waals surface area contributed by atoms with Crippen molar-refractivity contribution in [1.82, 2.24) is 15.2 Å². The fourth-order valence-electron chi connectivity index (χ4n) is 5.94. The second kappa shape index (κ2) is 12.9. The van der Waals surface area contributed by atoms with Gasteiger partial charge in [-0.15, -0.1) is 0 Å². The second-order valence-corrected chi connectivity index (χ2v) is 11.0. The van der Waals surface area contributed by atoms with Crippen LogP contribution in [-0.4, -0.2) is 42.1 Å². The molecule has 3 aromatic rings. The number of anilines is 1. The van der Waals surface area contributed by atoms with Gasteiger partial charge < -0.3 is 10.1 Å². The Labute approximate surface area is 247 Å². The number of halogens is 1. The molecule has 0 bridgehead atoms. The summed E-state index contributed by atoms with van der Waals surface area (Å²) in [7, 11) is 0. The van der Waals surface area contributed by atoms with Gasteiger partial charge in [-0.05, 0) is 84.1 Å². The molecule has 0 saturated carbocycles. The quantitative estimate of drug-likeness (QED) is 0.358. The molecule has 1 saturated heterocycles. The van der Waals surface area contributed by atoms with Crippen molar-refractivity contribution < 1.29 is 9.53 Å². The van der Waals surface area contributed by atoms with Crippen LogP contribution in [0.2, 0.25) is 5.15 Å². The molecule has 0 unspecified atom stereocenters. The molecule has 3 aliphatic rings. The summed E-state index contributed by atoms with van der Waals surface area (Å²) in [5.74, 6) is 0. The zero-order valence-electron chi connectivity index (χ0n) is 23.7. The lowest BCUT2D eigenvalue weighted by molar-refractivity contribution is 0.134. The van der Waals surface area contributed by atoms with Crippen LogP contribution in [0, 0.1) is 11.3 Å². The van der Waals surface area contributed by atoms with Gasteiger partial charge in [0, 0.05) is 36.9 Å². The summed E-state index contributed by atoms with van der Waals surface area (Å²) in [6.07, 6.45) is 7.95. The molecule has 0 aliphatic carbocycles. The van der Waals surface area contributed by atoms with Crippen molar-refractivity contribution in [2.24, 2.45) is 0 Å². The van der Waals surface area contributed by atoms with Crippen LogP contribution in [-0.2, 0) is 29.9 Å². The van der Waals surface area contributed by atoms with E-state index in [-0.39, 0.29) is 11.4 Å². The van der Waals surface area contributed by atoms with Crippen molar-refractivity contribution in [2.45, 2.75) is 51.9 Å². The Balaban J connectivity index is 0.00000165. The third-order valence-corrected chi connectivity index (χ3v) is 8.37. The number of hydrogen-bond donors (Lipinski definition) is 1. The third kappa shape index (κ3) is 6.31. The lowest BCUT2D eigenvalue weighted by Gasteiger charge is -2.39. The summed E-state index contributed by atoms with van der Waals surface area (Å²) in [6, 6.07) is 17.8. The number of aromatic nitrogens is 1. The molecular formula is C33H36ClN5O2. The second-order valence-electron chi connectivity index (χ2n) is 10.6. The molecule has 7 nitrogen and oxygen atoms in total. The minimum atomic E-state index is -0.0901. The van der Waals surface area contributed by atoms with Crippen molar-refractivity contribution >= 4 is 29.4 Å². The maximum Gasteiger partial charge on any atom is 0.322 e. The molecule has 1 aromatic heterocycles. The largest absolute Gasteiger partial charge is 0.372 e. The van der Waals surface area contributed by atoms with Gasteiger partial charge in [-0.3, -0.25) is 9.80 Å². The van der Waals surface area contributed by atoms with Gasteiger partial charge in [0.2, 0.25) is 0 Å². The van der Waals surface area contributed by atoms with Gasteiger partial charge in [0.15, 0.2) is 0 Å². The standard InChI is InChI=1S/C31H30ClN5O2.C2H6/c32-29-14-24(7-10-34-29)18-35-30(38)37-21-31(27-15-25-19-39-20-26(25)16-28(27)37)8-12-36(13-9-31)11-1-2-22-3-5-23(17-33)6-4-22;1-2/h1-7,10,14-16H,8-9,11-13,18-21H2,(H,35,38);1-2H3/b2-1+;. The Morgan fingerprint density at radius 3 is 2.56 bits per heavy atom. The Kier molecular flexibility index (Phi) is 9.04. The highest BCUT2D eigenvalue weighted by Crippen LogP contribution is 2.48. The van der Waals surface area contributed by atoms with Crippen LogP contribution >= 0.6 is 11.6 Å². The van der Waals surface area contributed by atoms with E-state index < -0.39 is 0 Å². The molecule has 1 fully saturated rings. The number of piperidine rings is 1. The average Bonchev–Trinajstić information content (AvgIpc) is 3.60.